The van der Waals surface area contributed by atoms with Gasteiger partial charge in [-0.05, 0) is 48.9 Å². The molecule has 0 aliphatic carbocycles. The van der Waals surface area contributed by atoms with Crippen molar-refractivity contribution in [2.45, 2.75) is 6.92 Å². The van der Waals surface area contributed by atoms with Crippen LogP contribution in [-0.4, -0.2) is 18.5 Å². The molecule has 1 aromatic heterocycles. The molecule has 0 aliphatic rings. The molecule has 166 valence electrons. The normalized spacial score (nSPS) is 10.5. The van der Waals surface area contributed by atoms with Crippen molar-refractivity contribution in [3.8, 4) is 5.75 Å². The summed E-state index contributed by atoms with van der Waals surface area (Å²) < 4.78 is 10.7. The average molecular weight is 443 g/mol. The second-order valence-electron chi connectivity index (χ2n) is 7.18. The van der Waals surface area contributed by atoms with E-state index in [0.29, 0.717) is 22.7 Å². The number of rotatable bonds is 5. The van der Waals surface area contributed by atoms with Crippen molar-refractivity contribution in [2.75, 3.05) is 11.5 Å². The van der Waals surface area contributed by atoms with E-state index in [-0.39, 0.29) is 6.61 Å². The van der Waals surface area contributed by atoms with Crippen LogP contribution < -0.4 is 26.1 Å². The molecule has 0 saturated heterocycles. The summed E-state index contributed by atoms with van der Waals surface area (Å²) in [7, 11) is 0. The Balaban J connectivity index is 1.39. The zero-order valence-corrected chi connectivity index (χ0v) is 17.8. The van der Waals surface area contributed by atoms with Crippen LogP contribution in [0.1, 0.15) is 5.56 Å². The van der Waals surface area contributed by atoms with E-state index in [1.165, 1.54) is 11.0 Å². The molecule has 8 heteroatoms. The van der Waals surface area contributed by atoms with Gasteiger partial charge in [0.1, 0.15) is 11.3 Å². The van der Waals surface area contributed by atoms with Crippen molar-refractivity contribution in [3.05, 3.63) is 101 Å². The first kappa shape index (κ1) is 21.6. The standard InChI is InChI=1S/C25H21N3O5/c1-17-14-24(30)33-22-15-20(12-13-21(17)22)32-16-23(29)26-27-25(31)28(18-8-4-2-5-9-18)19-10-6-3-7-11-19/h2-15H,16H2,1H3,(H,26,29)(H,27,31). The molecule has 3 aromatic carbocycles. The lowest BCUT2D eigenvalue weighted by Crippen LogP contribution is -2.48. The van der Waals surface area contributed by atoms with Crippen molar-refractivity contribution in [1.82, 2.24) is 10.9 Å². The van der Waals surface area contributed by atoms with Crippen LogP contribution in [0.4, 0.5) is 16.2 Å². The fourth-order valence-electron chi connectivity index (χ4n) is 3.30. The summed E-state index contributed by atoms with van der Waals surface area (Å²) in [6.45, 7) is 1.46. The van der Waals surface area contributed by atoms with E-state index in [0.717, 1.165) is 10.9 Å². The molecule has 0 radical (unpaired) electrons. The Bertz CT molecular complexity index is 1300. The van der Waals surface area contributed by atoms with E-state index in [1.54, 1.807) is 42.5 Å². The van der Waals surface area contributed by atoms with Crippen LogP contribution in [-0.2, 0) is 4.79 Å². The molecule has 0 spiro atoms. The van der Waals surface area contributed by atoms with Gasteiger partial charge >= 0.3 is 11.7 Å². The maximum atomic E-state index is 12.9. The number of ether oxygens (including phenoxy) is 1. The monoisotopic (exact) mass is 443 g/mol. The molecule has 3 amide bonds. The molecule has 0 unspecified atom stereocenters. The van der Waals surface area contributed by atoms with Crippen LogP contribution in [0.2, 0.25) is 0 Å². The molecule has 0 saturated carbocycles. The Labute approximate surface area is 189 Å². The zero-order valence-electron chi connectivity index (χ0n) is 17.8. The topological polar surface area (TPSA) is 101 Å². The van der Waals surface area contributed by atoms with Gasteiger partial charge < -0.3 is 9.15 Å². The number of benzene rings is 3. The minimum absolute atomic E-state index is 0.349. The molecular formula is C25H21N3O5. The highest BCUT2D eigenvalue weighted by Crippen LogP contribution is 2.25. The van der Waals surface area contributed by atoms with Crippen molar-refractivity contribution in [3.63, 3.8) is 0 Å². The van der Waals surface area contributed by atoms with Gasteiger partial charge in [0.15, 0.2) is 6.61 Å². The number of urea groups is 1. The van der Waals surface area contributed by atoms with Gasteiger partial charge in [0.2, 0.25) is 0 Å². The van der Waals surface area contributed by atoms with Crippen molar-refractivity contribution in [2.24, 2.45) is 0 Å². The number of hydrazine groups is 1. The highest BCUT2D eigenvalue weighted by Gasteiger charge is 2.18. The Morgan fingerprint density at radius 1 is 0.879 bits per heavy atom. The Hall–Kier alpha value is -4.59. The summed E-state index contributed by atoms with van der Waals surface area (Å²) in [4.78, 5) is 38.1. The van der Waals surface area contributed by atoms with Gasteiger partial charge in [-0.25, -0.2) is 15.0 Å². The van der Waals surface area contributed by atoms with Crippen LogP contribution in [0.5, 0.6) is 5.75 Å². The Morgan fingerprint density at radius 3 is 2.15 bits per heavy atom. The number of hydrogen-bond donors (Lipinski definition) is 2. The van der Waals surface area contributed by atoms with Gasteiger partial charge in [0.05, 0.1) is 11.4 Å². The van der Waals surface area contributed by atoms with Crippen LogP contribution in [0.3, 0.4) is 0 Å². The Kier molecular flexibility index (Phi) is 6.36. The fraction of sp³-hybridized carbons (Fsp3) is 0.0800. The average Bonchev–Trinajstić information content (AvgIpc) is 2.82. The van der Waals surface area contributed by atoms with E-state index < -0.39 is 17.6 Å². The molecule has 33 heavy (non-hydrogen) atoms. The van der Waals surface area contributed by atoms with E-state index in [2.05, 4.69) is 10.9 Å². The number of carbonyl (C=O) groups excluding carboxylic acids is 2. The summed E-state index contributed by atoms with van der Waals surface area (Å²) in [5, 5.41) is 0.778. The number of aryl methyl sites for hydroxylation is 1. The summed E-state index contributed by atoms with van der Waals surface area (Å²) in [5.41, 5.74) is 6.73. The van der Waals surface area contributed by atoms with Gasteiger partial charge in [-0.1, -0.05) is 36.4 Å². The maximum Gasteiger partial charge on any atom is 0.345 e. The number of carbonyl (C=O) groups is 2. The van der Waals surface area contributed by atoms with Gasteiger partial charge in [-0.2, -0.15) is 0 Å². The number of anilines is 2. The first-order valence-electron chi connectivity index (χ1n) is 10.2. The highest BCUT2D eigenvalue weighted by molar-refractivity contribution is 6.00. The molecule has 1 heterocycles. The van der Waals surface area contributed by atoms with E-state index in [4.69, 9.17) is 9.15 Å². The second-order valence-corrected chi connectivity index (χ2v) is 7.18. The molecular weight excluding hydrogens is 422 g/mol. The summed E-state index contributed by atoms with van der Waals surface area (Å²) in [5.74, 6) is -0.205. The molecule has 0 atom stereocenters. The van der Waals surface area contributed by atoms with Gasteiger partial charge in [-0.15, -0.1) is 0 Å². The largest absolute Gasteiger partial charge is 0.484 e. The predicted octanol–water partition coefficient (Wildman–Crippen LogP) is 4.06. The van der Waals surface area contributed by atoms with Crippen molar-refractivity contribution >= 4 is 34.3 Å². The van der Waals surface area contributed by atoms with Crippen LogP contribution in [0.15, 0.2) is 94.1 Å². The first-order chi connectivity index (χ1) is 16.0. The molecule has 8 nitrogen and oxygen atoms in total. The van der Waals surface area contributed by atoms with Crippen molar-refractivity contribution < 1.29 is 18.7 Å². The van der Waals surface area contributed by atoms with Crippen molar-refractivity contribution in [1.29, 1.82) is 0 Å². The van der Waals surface area contributed by atoms with Crippen LogP contribution >= 0.6 is 0 Å². The third-order valence-electron chi connectivity index (χ3n) is 4.83. The molecule has 4 rings (SSSR count). The quantitative estimate of drug-likeness (QED) is 0.358. The van der Waals surface area contributed by atoms with Gasteiger partial charge in [0, 0.05) is 17.5 Å². The van der Waals surface area contributed by atoms with Crippen LogP contribution in [0, 0.1) is 6.92 Å². The lowest BCUT2D eigenvalue weighted by Gasteiger charge is -2.23. The number of nitrogens with zero attached hydrogens (tertiary/aromatic N) is 1. The molecule has 4 aromatic rings. The lowest BCUT2D eigenvalue weighted by molar-refractivity contribution is -0.123. The number of hydrogen-bond acceptors (Lipinski definition) is 5. The lowest BCUT2D eigenvalue weighted by atomic mass is 10.1. The molecule has 0 bridgehead atoms. The number of amides is 3. The van der Waals surface area contributed by atoms with Gasteiger partial charge in [0.25, 0.3) is 5.91 Å². The summed E-state index contributed by atoms with van der Waals surface area (Å²) in [6.07, 6.45) is 0. The third-order valence-corrected chi connectivity index (χ3v) is 4.83. The number of para-hydroxylation sites is 2. The predicted molar refractivity (Wildman–Crippen MR) is 124 cm³/mol. The smallest absolute Gasteiger partial charge is 0.345 e. The number of nitrogens with one attached hydrogen (secondary N) is 2. The second kappa shape index (κ2) is 9.69. The fourth-order valence-corrected chi connectivity index (χ4v) is 3.30. The van der Waals surface area contributed by atoms with E-state index in [1.807, 2.05) is 43.3 Å². The summed E-state index contributed by atoms with van der Waals surface area (Å²) in [6, 6.07) is 24.0. The third kappa shape index (κ3) is 5.19. The van der Waals surface area contributed by atoms with Crippen LogP contribution in [0.25, 0.3) is 11.0 Å². The minimum Gasteiger partial charge on any atom is -0.484 e. The molecule has 0 aliphatic heterocycles. The van der Waals surface area contributed by atoms with E-state index in [9.17, 15) is 14.4 Å². The first-order valence-corrected chi connectivity index (χ1v) is 10.2. The van der Waals surface area contributed by atoms with E-state index >= 15 is 0 Å². The highest BCUT2D eigenvalue weighted by atomic mass is 16.5. The maximum absolute atomic E-state index is 12.9. The molecule has 0 fully saturated rings. The van der Waals surface area contributed by atoms with Gasteiger partial charge in [-0.3, -0.25) is 15.1 Å². The summed E-state index contributed by atoms with van der Waals surface area (Å²) >= 11 is 0. The number of fused-ring (bicyclic) bond motifs is 1. The minimum atomic E-state index is -0.560. The molecule has 2 N–H and O–H groups in total. The SMILES string of the molecule is Cc1cc(=O)oc2cc(OCC(=O)NNC(=O)N(c3ccccc3)c3ccccc3)ccc12. The zero-order chi connectivity index (χ0) is 23.2. The Morgan fingerprint density at radius 2 is 1.52 bits per heavy atom.